The van der Waals surface area contributed by atoms with Gasteiger partial charge in [-0.1, -0.05) is 62.3 Å². The second-order valence-corrected chi connectivity index (χ2v) is 13.5. The van der Waals surface area contributed by atoms with Crippen molar-refractivity contribution in [2.75, 3.05) is 26.3 Å². The Morgan fingerprint density at radius 2 is 1.52 bits per heavy atom. The first-order chi connectivity index (χ1) is 23.1. The highest BCUT2D eigenvalue weighted by Gasteiger charge is 2.48. The van der Waals surface area contributed by atoms with Crippen molar-refractivity contribution in [2.45, 2.75) is 77.5 Å². The summed E-state index contributed by atoms with van der Waals surface area (Å²) < 4.78 is 10.8. The molecule has 12 nitrogen and oxygen atoms in total. The van der Waals surface area contributed by atoms with Gasteiger partial charge in [0, 0.05) is 49.8 Å². The molecular formula is C36H46N6O6. The summed E-state index contributed by atoms with van der Waals surface area (Å²) in [6.07, 6.45) is 5.66. The number of aromatic nitrogens is 2. The quantitative estimate of drug-likeness (QED) is 0.211. The fourth-order valence-electron chi connectivity index (χ4n) is 5.83. The first-order valence-corrected chi connectivity index (χ1v) is 16.7. The summed E-state index contributed by atoms with van der Waals surface area (Å²) in [6.45, 7) is 9.20. The van der Waals surface area contributed by atoms with Crippen molar-refractivity contribution >= 4 is 23.5 Å². The van der Waals surface area contributed by atoms with Crippen LogP contribution in [0.4, 0.5) is 0 Å². The third-order valence-electron chi connectivity index (χ3n) is 8.91. The lowest BCUT2D eigenvalue weighted by molar-refractivity contribution is -0.133. The normalized spacial score (nSPS) is 17.6. The third-order valence-corrected chi connectivity index (χ3v) is 8.91. The van der Waals surface area contributed by atoms with Gasteiger partial charge in [-0.3, -0.25) is 29.1 Å². The van der Waals surface area contributed by atoms with E-state index in [1.807, 2.05) is 57.2 Å². The predicted octanol–water partition coefficient (Wildman–Crippen LogP) is 2.87. The van der Waals surface area contributed by atoms with Gasteiger partial charge in [0.15, 0.2) is 17.2 Å². The largest absolute Gasteiger partial charge is 0.379 e. The number of hydrogen-bond acceptors (Lipinski definition) is 9. The highest BCUT2D eigenvalue weighted by molar-refractivity contribution is 5.99. The monoisotopic (exact) mass is 658 g/mol. The van der Waals surface area contributed by atoms with Crippen LogP contribution in [0.15, 0.2) is 65.4 Å². The number of nitrogens with zero attached hydrogens (tertiary/aromatic N) is 3. The van der Waals surface area contributed by atoms with E-state index in [9.17, 15) is 19.2 Å². The molecule has 1 aromatic carbocycles. The standard InChI is InChI=1S/C36H46N6O6/c1-24(2)18-28(32(43)36(3)11-12-36)38-33(44)29(19-25-8-5-4-6-9-25)39-34(45)30(20-26-10-7-13-37-22-26)40-35(46)31-21-27(48-41-31)23-42-14-16-47-17-15-42/h4-10,13,21-22,24,28-30H,11-12,14-20,23H2,1-3H3,(H,38,44)(H,39,45)(H,40,46)/t28-,29-,30-/m0/s1. The van der Waals surface area contributed by atoms with Gasteiger partial charge in [0.2, 0.25) is 11.8 Å². The number of amides is 3. The molecule has 3 amide bonds. The van der Waals surface area contributed by atoms with Crippen molar-refractivity contribution in [3.8, 4) is 0 Å². The van der Waals surface area contributed by atoms with E-state index in [-0.39, 0.29) is 30.2 Å². The molecule has 2 aromatic heterocycles. The van der Waals surface area contributed by atoms with Crippen LogP contribution in [0.25, 0.3) is 0 Å². The maximum absolute atomic E-state index is 14.0. The lowest BCUT2D eigenvalue weighted by atomic mass is 9.91. The van der Waals surface area contributed by atoms with E-state index < -0.39 is 41.3 Å². The van der Waals surface area contributed by atoms with Gasteiger partial charge >= 0.3 is 0 Å². The molecule has 1 saturated heterocycles. The topological polar surface area (TPSA) is 156 Å². The first kappa shape index (κ1) is 34.9. The summed E-state index contributed by atoms with van der Waals surface area (Å²) in [7, 11) is 0. The van der Waals surface area contributed by atoms with Crippen LogP contribution in [-0.2, 0) is 38.5 Å². The summed E-state index contributed by atoms with van der Waals surface area (Å²) >= 11 is 0. The molecule has 3 heterocycles. The van der Waals surface area contributed by atoms with Crippen LogP contribution in [0, 0.1) is 11.3 Å². The fourth-order valence-corrected chi connectivity index (χ4v) is 5.83. The van der Waals surface area contributed by atoms with Gasteiger partial charge in [-0.25, -0.2) is 0 Å². The molecule has 5 rings (SSSR count). The molecule has 48 heavy (non-hydrogen) atoms. The van der Waals surface area contributed by atoms with Gasteiger partial charge in [-0.05, 0) is 42.4 Å². The van der Waals surface area contributed by atoms with Crippen molar-refractivity contribution in [3.63, 3.8) is 0 Å². The molecule has 1 aliphatic heterocycles. The molecule has 3 N–H and O–H groups in total. The van der Waals surface area contributed by atoms with Crippen molar-refractivity contribution in [1.82, 2.24) is 31.0 Å². The van der Waals surface area contributed by atoms with Crippen LogP contribution in [0.3, 0.4) is 0 Å². The zero-order valence-electron chi connectivity index (χ0n) is 27.9. The van der Waals surface area contributed by atoms with Crippen LogP contribution in [0.1, 0.15) is 67.4 Å². The Kier molecular flexibility index (Phi) is 11.7. The lowest BCUT2D eigenvalue weighted by Gasteiger charge is -2.27. The number of Topliss-reactive ketones (excluding diaryl/α,β-unsaturated/α-hetero) is 1. The number of hydrogen-bond donors (Lipinski definition) is 3. The van der Waals surface area contributed by atoms with Crippen LogP contribution >= 0.6 is 0 Å². The summed E-state index contributed by atoms with van der Waals surface area (Å²) in [5.41, 5.74) is 1.18. The number of benzene rings is 1. The summed E-state index contributed by atoms with van der Waals surface area (Å²) in [5.74, 6) is -0.862. The Morgan fingerprint density at radius 1 is 0.875 bits per heavy atom. The van der Waals surface area contributed by atoms with Crippen molar-refractivity contribution in [2.24, 2.45) is 11.3 Å². The molecule has 0 spiro atoms. The maximum Gasteiger partial charge on any atom is 0.274 e. The molecular weight excluding hydrogens is 612 g/mol. The second kappa shape index (κ2) is 16.1. The van der Waals surface area contributed by atoms with E-state index in [4.69, 9.17) is 9.26 Å². The van der Waals surface area contributed by atoms with E-state index in [0.717, 1.165) is 37.1 Å². The molecule has 1 saturated carbocycles. The molecule has 0 radical (unpaired) electrons. The highest BCUT2D eigenvalue weighted by atomic mass is 16.5. The van der Waals surface area contributed by atoms with Crippen LogP contribution in [0.5, 0.6) is 0 Å². The van der Waals surface area contributed by atoms with Gasteiger partial charge in [0.1, 0.15) is 12.1 Å². The number of pyridine rings is 1. The average Bonchev–Trinajstić information content (AvgIpc) is 3.66. The molecule has 0 bridgehead atoms. The minimum absolute atomic E-state index is 0.0247. The van der Waals surface area contributed by atoms with Crippen LogP contribution < -0.4 is 16.0 Å². The Morgan fingerprint density at radius 3 is 2.17 bits per heavy atom. The van der Waals surface area contributed by atoms with E-state index in [0.29, 0.717) is 31.9 Å². The van der Waals surface area contributed by atoms with Gasteiger partial charge in [0.05, 0.1) is 25.8 Å². The lowest BCUT2D eigenvalue weighted by Crippen LogP contribution is -2.57. The average molecular weight is 659 g/mol. The van der Waals surface area contributed by atoms with Gasteiger partial charge in [-0.2, -0.15) is 0 Å². The summed E-state index contributed by atoms with van der Waals surface area (Å²) in [5, 5.41) is 12.6. The molecule has 1 aliphatic carbocycles. The molecule has 3 atom stereocenters. The zero-order valence-corrected chi connectivity index (χ0v) is 27.9. The minimum atomic E-state index is -1.06. The number of morpholine rings is 1. The van der Waals surface area contributed by atoms with Crippen LogP contribution in [-0.4, -0.2) is 83.0 Å². The molecule has 0 unspecified atom stereocenters. The SMILES string of the molecule is CC(C)C[C@H](NC(=O)[C@H](Cc1ccccc1)NC(=O)[C@H](Cc1cccnc1)NC(=O)c1cc(CN2CCOCC2)on1)C(=O)C1(C)CC1. The molecule has 256 valence electrons. The molecule has 3 aromatic rings. The smallest absolute Gasteiger partial charge is 0.274 e. The Labute approximate surface area is 281 Å². The van der Waals surface area contributed by atoms with Crippen molar-refractivity contribution in [1.29, 1.82) is 0 Å². The number of nitrogens with one attached hydrogen (secondary N) is 3. The van der Waals surface area contributed by atoms with Gasteiger partial charge in [0.25, 0.3) is 5.91 Å². The summed E-state index contributed by atoms with van der Waals surface area (Å²) in [6, 6.07) is 11.8. The third kappa shape index (κ3) is 9.80. The van der Waals surface area contributed by atoms with Crippen LogP contribution in [0.2, 0.25) is 0 Å². The van der Waals surface area contributed by atoms with Crippen molar-refractivity contribution in [3.05, 3.63) is 83.5 Å². The van der Waals surface area contributed by atoms with Crippen molar-refractivity contribution < 1.29 is 28.4 Å². The predicted molar refractivity (Wildman–Crippen MR) is 178 cm³/mol. The molecule has 2 aliphatic rings. The second-order valence-electron chi connectivity index (χ2n) is 13.5. The maximum atomic E-state index is 14.0. The Bertz CT molecular complexity index is 1530. The van der Waals surface area contributed by atoms with E-state index in [1.165, 1.54) is 0 Å². The first-order valence-electron chi connectivity index (χ1n) is 16.7. The van der Waals surface area contributed by atoms with Gasteiger partial charge in [-0.15, -0.1) is 0 Å². The summed E-state index contributed by atoms with van der Waals surface area (Å²) in [4.78, 5) is 61.0. The van der Waals surface area contributed by atoms with E-state index in [2.05, 4.69) is 31.0 Å². The number of ether oxygens (including phenoxy) is 1. The Balaban J connectivity index is 1.33. The van der Waals surface area contributed by atoms with E-state index in [1.54, 1.807) is 24.5 Å². The molecule has 2 fully saturated rings. The molecule has 12 heteroatoms. The number of rotatable bonds is 16. The Hall–Kier alpha value is -4.42. The highest BCUT2D eigenvalue weighted by Crippen LogP contribution is 2.47. The van der Waals surface area contributed by atoms with Gasteiger partial charge < -0.3 is 25.2 Å². The fraction of sp³-hybridized carbons (Fsp3) is 0.500. The number of ketones is 1. The zero-order chi connectivity index (χ0) is 34.1. The number of carbonyl (C=O) groups excluding carboxylic acids is 4. The number of carbonyl (C=O) groups is 4. The minimum Gasteiger partial charge on any atom is -0.379 e. The van der Waals surface area contributed by atoms with E-state index >= 15 is 0 Å².